The number of halogens is 2. The normalized spacial score (nSPS) is 17.4. The van der Waals surface area contributed by atoms with Crippen LogP contribution in [0.4, 0.5) is 0 Å². The van der Waals surface area contributed by atoms with Crippen molar-refractivity contribution in [2.75, 3.05) is 0 Å². The fourth-order valence-corrected chi connectivity index (χ4v) is 3.18. The van der Waals surface area contributed by atoms with Gasteiger partial charge in [-0.25, -0.2) is 9.97 Å². The van der Waals surface area contributed by atoms with Crippen molar-refractivity contribution in [3.8, 4) is 0 Å². The highest BCUT2D eigenvalue weighted by molar-refractivity contribution is 6.35. The molecule has 0 aromatic carbocycles. The molecule has 3 rings (SSSR count). The van der Waals surface area contributed by atoms with Crippen LogP contribution in [0.5, 0.6) is 0 Å². The highest BCUT2D eigenvalue weighted by Crippen LogP contribution is 2.28. The topological polar surface area (TPSA) is 43.6 Å². The third-order valence-corrected chi connectivity index (χ3v) is 4.01. The van der Waals surface area contributed by atoms with Gasteiger partial charge in [-0.05, 0) is 30.4 Å². The zero-order valence-corrected chi connectivity index (χ0v) is 11.5. The molecule has 2 heterocycles. The molecule has 1 fully saturated rings. The van der Waals surface area contributed by atoms with Crippen molar-refractivity contribution in [3.05, 3.63) is 16.8 Å². The van der Waals surface area contributed by atoms with E-state index in [9.17, 15) is 0 Å². The molecule has 6 heteroatoms. The average Bonchev–Trinajstić information content (AvgIpc) is 2.73. The number of hydrogen-bond donors (Lipinski definition) is 0. The molecular weight excluding hydrogens is 271 g/mol. The van der Waals surface area contributed by atoms with Crippen LogP contribution < -0.4 is 0 Å². The van der Waals surface area contributed by atoms with Gasteiger partial charge in [-0.1, -0.05) is 30.9 Å². The fraction of sp³-hybridized carbons (Fsp3) is 0.583. The minimum atomic E-state index is 0.149. The first-order valence-corrected chi connectivity index (χ1v) is 7.03. The lowest BCUT2D eigenvalue weighted by molar-refractivity contribution is 0.322. The van der Waals surface area contributed by atoms with Gasteiger partial charge in [0.1, 0.15) is 5.52 Å². The van der Waals surface area contributed by atoms with Crippen LogP contribution in [0.25, 0.3) is 11.2 Å². The van der Waals surface area contributed by atoms with E-state index in [0.717, 1.165) is 12.1 Å². The molecule has 0 aliphatic heterocycles. The van der Waals surface area contributed by atoms with Gasteiger partial charge >= 0.3 is 0 Å². The fourth-order valence-electron chi connectivity index (χ4n) is 2.70. The van der Waals surface area contributed by atoms with Crippen LogP contribution in [-0.4, -0.2) is 19.5 Å². The van der Waals surface area contributed by atoms with Crippen molar-refractivity contribution < 1.29 is 0 Å². The molecule has 0 amide bonds. The van der Waals surface area contributed by atoms with E-state index in [4.69, 9.17) is 23.2 Å². The van der Waals surface area contributed by atoms with Gasteiger partial charge in [0.2, 0.25) is 5.28 Å². The van der Waals surface area contributed by atoms with Crippen molar-refractivity contribution in [2.24, 2.45) is 5.92 Å². The molecule has 4 nitrogen and oxygen atoms in total. The van der Waals surface area contributed by atoms with Crippen LogP contribution in [0.1, 0.15) is 32.1 Å². The lowest BCUT2D eigenvalue weighted by Gasteiger charge is -2.22. The molecule has 18 heavy (non-hydrogen) atoms. The van der Waals surface area contributed by atoms with Crippen LogP contribution in [0.3, 0.4) is 0 Å². The minimum absolute atomic E-state index is 0.149. The van der Waals surface area contributed by atoms with Gasteiger partial charge in [0.15, 0.2) is 10.8 Å². The van der Waals surface area contributed by atoms with Crippen LogP contribution in [-0.2, 0) is 6.54 Å². The Morgan fingerprint density at radius 3 is 2.72 bits per heavy atom. The summed E-state index contributed by atoms with van der Waals surface area (Å²) in [6.45, 7) is 0.946. The van der Waals surface area contributed by atoms with Crippen molar-refractivity contribution in [2.45, 2.75) is 38.6 Å². The summed E-state index contributed by atoms with van der Waals surface area (Å²) in [6.07, 6.45) is 8.37. The standard InChI is InChI=1S/C12H14Cl2N4/c13-10-9-11(17-12(14)16-10)15-7-18(9)6-8-4-2-1-3-5-8/h7-8H,1-6H2. The second-order valence-corrected chi connectivity index (χ2v) is 5.55. The zero-order chi connectivity index (χ0) is 12.5. The first-order chi connectivity index (χ1) is 8.74. The molecule has 0 spiro atoms. The number of aromatic nitrogens is 4. The van der Waals surface area contributed by atoms with Crippen LogP contribution >= 0.6 is 23.2 Å². The molecule has 2 aromatic heterocycles. The van der Waals surface area contributed by atoms with Gasteiger partial charge in [0, 0.05) is 6.54 Å². The third-order valence-electron chi connectivity index (χ3n) is 3.58. The Labute approximate surface area is 115 Å². The second-order valence-electron chi connectivity index (χ2n) is 4.86. The van der Waals surface area contributed by atoms with E-state index in [2.05, 4.69) is 19.5 Å². The van der Waals surface area contributed by atoms with Gasteiger partial charge in [-0.3, -0.25) is 0 Å². The number of nitrogens with zero attached hydrogens (tertiary/aromatic N) is 4. The first-order valence-electron chi connectivity index (χ1n) is 6.28. The van der Waals surface area contributed by atoms with Crippen molar-refractivity contribution in [1.82, 2.24) is 19.5 Å². The maximum Gasteiger partial charge on any atom is 0.225 e. The molecular formula is C12H14Cl2N4. The average molecular weight is 285 g/mol. The maximum absolute atomic E-state index is 6.13. The third kappa shape index (κ3) is 2.31. The summed E-state index contributed by atoms with van der Waals surface area (Å²) in [5.74, 6) is 0.711. The lowest BCUT2D eigenvalue weighted by atomic mass is 9.89. The molecule has 1 aliphatic carbocycles. The van der Waals surface area contributed by atoms with E-state index in [0.29, 0.717) is 16.7 Å². The lowest BCUT2D eigenvalue weighted by Crippen LogP contribution is -2.13. The summed E-state index contributed by atoms with van der Waals surface area (Å²) >= 11 is 11.9. The molecule has 0 atom stereocenters. The van der Waals surface area contributed by atoms with Crippen molar-refractivity contribution in [3.63, 3.8) is 0 Å². The SMILES string of the molecule is Clc1nc(Cl)c2c(ncn2CC2CCCCC2)n1. The molecule has 0 saturated heterocycles. The van der Waals surface area contributed by atoms with E-state index in [1.807, 2.05) is 0 Å². The molecule has 2 aromatic rings. The Bertz CT molecular complexity index is 560. The molecule has 96 valence electrons. The summed E-state index contributed by atoms with van der Waals surface area (Å²) in [7, 11) is 0. The summed E-state index contributed by atoms with van der Waals surface area (Å²) in [4.78, 5) is 12.3. The molecule has 0 unspecified atom stereocenters. The summed E-state index contributed by atoms with van der Waals surface area (Å²) in [5, 5.41) is 0.536. The van der Waals surface area contributed by atoms with Crippen LogP contribution in [0.2, 0.25) is 10.4 Å². The van der Waals surface area contributed by atoms with Crippen molar-refractivity contribution >= 4 is 34.4 Å². The number of rotatable bonds is 2. The highest BCUT2D eigenvalue weighted by Gasteiger charge is 2.17. The van der Waals surface area contributed by atoms with E-state index in [-0.39, 0.29) is 5.28 Å². The molecule has 0 radical (unpaired) electrons. The van der Waals surface area contributed by atoms with E-state index in [1.54, 1.807) is 6.33 Å². The Morgan fingerprint density at radius 1 is 1.17 bits per heavy atom. The Hall–Kier alpha value is -0.870. The zero-order valence-electron chi connectivity index (χ0n) is 9.94. The van der Waals surface area contributed by atoms with Gasteiger partial charge in [0.25, 0.3) is 0 Å². The highest BCUT2D eigenvalue weighted by atomic mass is 35.5. The van der Waals surface area contributed by atoms with Gasteiger partial charge in [0.05, 0.1) is 6.33 Å². The molecule has 0 bridgehead atoms. The monoisotopic (exact) mass is 284 g/mol. The van der Waals surface area contributed by atoms with E-state index >= 15 is 0 Å². The number of imidazole rings is 1. The number of fused-ring (bicyclic) bond motifs is 1. The summed E-state index contributed by atoms with van der Waals surface area (Å²) in [5.41, 5.74) is 1.38. The minimum Gasteiger partial charge on any atom is -0.326 e. The Balaban J connectivity index is 1.92. The van der Waals surface area contributed by atoms with Gasteiger partial charge in [-0.2, -0.15) is 4.98 Å². The molecule has 1 aliphatic rings. The number of hydrogen-bond acceptors (Lipinski definition) is 3. The van der Waals surface area contributed by atoms with E-state index < -0.39 is 0 Å². The van der Waals surface area contributed by atoms with E-state index in [1.165, 1.54) is 32.1 Å². The van der Waals surface area contributed by atoms with Crippen LogP contribution in [0, 0.1) is 5.92 Å². The summed E-state index contributed by atoms with van der Waals surface area (Å²) in [6, 6.07) is 0. The first kappa shape index (κ1) is 12.2. The van der Waals surface area contributed by atoms with Gasteiger partial charge < -0.3 is 4.57 Å². The smallest absolute Gasteiger partial charge is 0.225 e. The molecule has 0 N–H and O–H groups in total. The van der Waals surface area contributed by atoms with Gasteiger partial charge in [-0.15, -0.1) is 0 Å². The predicted molar refractivity (Wildman–Crippen MR) is 71.9 cm³/mol. The largest absolute Gasteiger partial charge is 0.326 e. The maximum atomic E-state index is 6.13. The Kier molecular flexibility index (Phi) is 3.39. The van der Waals surface area contributed by atoms with Crippen molar-refractivity contribution in [1.29, 1.82) is 0 Å². The summed E-state index contributed by atoms with van der Waals surface area (Å²) < 4.78 is 2.06. The van der Waals surface area contributed by atoms with Crippen LogP contribution in [0.15, 0.2) is 6.33 Å². The predicted octanol–water partition coefficient (Wildman–Crippen LogP) is 3.71. The quantitative estimate of drug-likeness (QED) is 0.624. The Morgan fingerprint density at radius 2 is 1.94 bits per heavy atom. The molecule has 1 saturated carbocycles. The second kappa shape index (κ2) is 5.02.